The molecule has 0 amide bonds. The Bertz CT molecular complexity index is 623. The van der Waals surface area contributed by atoms with Gasteiger partial charge in [0.2, 0.25) is 5.75 Å². The average Bonchev–Trinajstić information content (AvgIpc) is 2.29. The molecule has 0 saturated carbocycles. The van der Waals surface area contributed by atoms with Crippen molar-refractivity contribution in [1.82, 2.24) is 0 Å². The number of hydrogen-bond donors (Lipinski definition) is 2. The lowest BCUT2D eigenvalue weighted by atomic mass is 10.2. The Kier molecular flexibility index (Phi) is 4.57. The van der Waals surface area contributed by atoms with Crippen LogP contribution >= 0.6 is 0 Å². The van der Waals surface area contributed by atoms with E-state index >= 15 is 0 Å². The first kappa shape index (κ1) is 15.1. The van der Waals surface area contributed by atoms with E-state index in [4.69, 9.17) is 4.55 Å². The summed E-state index contributed by atoms with van der Waals surface area (Å²) in [6.45, 7) is 2.28. The topological polar surface area (TPSA) is 130 Å². The van der Waals surface area contributed by atoms with Gasteiger partial charge in [0.05, 0.1) is 4.92 Å². The minimum absolute atomic E-state index is 0.143. The van der Waals surface area contributed by atoms with Gasteiger partial charge in [0.15, 0.2) is 0 Å². The van der Waals surface area contributed by atoms with E-state index in [0.717, 1.165) is 18.7 Å². The van der Waals surface area contributed by atoms with Gasteiger partial charge in [-0.05, 0) is 12.5 Å². The number of rotatable bonds is 5. The smallest absolute Gasteiger partial charge is 0.312 e. The maximum Gasteiger partial charge on any atom is 0.312 e. The SMILES string of the molecule is CCCN=Cc1cc(S(=O)(=O)O)cc([N+](=O)[O-])c1O. The molecule has 1 rings (SSSR count). The van der Waals surface area contributed by atoms with Crippen molar-refractivity contribution in [2.24, 2.45) is 4.99 Å². The second-order valence-electron chi connectivity index (χ2n) is 3.65. The van der Waals surface area contributed by atoms with Gasteiger partial charge in [0.25, 0.3) is 10.1 Å². The number of nitro benzene ring substituents is 1. The summed E-state index contributed by atoms with van der Waals surface area (Å²) in [4.78, 5) is 13.0. The molecule has 1 aromatic rings. The van der Waals surface area contributed by atoms with E-state index in [1.807, 2.05) is 6.92 Å². The summed E-state index contributed by atoms with van der Waals surface area (Å²) in [6.07, 6.45) is 1.85. The standard InChI is InChI=1S/C10H12N2O6S/c1-2-3-11-6-7-4-8(19(16,17)18)5-9(10(7)13)12(14)15/h4-6,13H,2-3H2,1H3,(H,16,17,18). The average molecular weight is 288 g/mol. The third kappa shape index (κ3) is 3.73. The number of nitrogens with zero attached hydrogens (tertiary/aromatic N) is 2. The van der Waals surface area contributed by atoms with Gasteiger partial charge in [-0.15, -0.1) is 0 Å². The fraction of sp³-hybridized carbons (Fsp3) is 0.300. The minimum Gasteiger partial charge on any atom is -0.502 e. The van der Waals surface area contributed by atoms with Crippen molar-refractivity contribution >= 4 is 22.0 Å². The fourth-order valence-corrected chi connectivity index (χ4v) is 1.83. The molecule has 0 spiro atoms. The summed E-state index contributed by atoms with van der Waals surface area (Å²) in [5, 5.41) is 20.3. The van der Waals surface area contributed by atoms with Crippen molar-refractivity contribution in [1.29, 1.82) is 0 Å². The number of aliphatic imine (C=N–C) groups is 1. The molecule has 0 heterocycles. The molecule has 104 valence electrons. The molecule has 2 N–H and O–H groups in total. The van der Waals surface area contributed by atoms with Crippen molar-refractivity contribution in [3.05, 3.63) is 27.8 Å². The first-order valence-corrected chi connectivity index (χ1v) is 6.70. The lowest BCUT2D eigenvalue weighted by Crippen LogP contribution is -2.02. The van der Waals surface area contributed by atoms with Crippen LogP contribution in [0.4, 0.5) is 5.69 Å². The van der Waals surface area contributed by atoms with E-state index in [1.165, 1.54) is 0 Å². The first-order chi connectivity index (χ1) is 8.77. The van der Waals surface area contributed by atoms with Gasteiger partial charge in [-0.1, -0.05) is 6.92 Å². The Morgan fingerprint density at radius 3 is 2.58 bits per heavy atom. The van der Waals surface area contributed by atoms with E-state index in [1.54, 1.807) is 0 Å². The molecule has 0 radical (unpaired) electrons. The molecule has 0 aromatic heterocycles. The van der Waals surface area contributed by atoms with Crippen LogP contribution in [0.3, 0.4) is 0 Å². The van der Waals surface area contributed by atoms with Gasteiger partial charge in [-0.25, -0.2) is 0 Å². The van der Waals surface area contributed by atoms with Gasteiger partial charge in [0.1, 0.15) is 4.90 Å². The minimum atomic E-state index is -4.61. The zero-order valence-corrected chi connectivity index (χ0v) is 10.8. The molecule has 0 aliphatic heterocycles. The molecule has 19 heavy (non-hydrogen) atoms. The monoisotopic (exact) mass is 288 g/mol. The number of benzene rings is 1. The summed E-state index contributed by atoms with van der Waals surface area (Å²) in [5.41, 5.74) is -0.955. The lowest BCUT2D eigenvalue weighted by Gasteiger charge is -2.03. The summed E-state index contributed by atoms with van der Waals surface area (Å²) in [7, 11) is -4.61. The van der Waals surface area contributed by atoms with Gasteiger partial charge in [0, 0.05) is 24.4 Å². The van der Waals surface area contributed by atoms with E-state index in [0.29, 0.717) is 12.6 Å². The first-order valence-electron chi connectivity index (χ1n) is 5.26. The molecular weight excluding hydrogens is 276 g/mol. The molecule has 8 nitrogen and oxygen atoms in total. The third-order valence-electron chi connectivity index (χ3n) is 2.17. The lowest BCUT2D eigenvalue weighted by molar-refractivity contribution is -0.386. The van der Waals surface area contributed by atoms with Crippen LogP contribution in [-0.2, 0) is 10.1 Å². The molecular formula is C10H12N2O6S. The molecule has 0 bridgehead atoms. The number of hydrogen-bond acceptors (Lipinski definition) is 6. The van der Waals surface area contributed by atoms with Crippen LogP contribution in [0.5, 0.6) is 5.75 Å². The quantitative estimate of drug-likeness (QED) is 0.364. The Morgan fingerprint density at radius 1 is 1.47 bits per heavy atom. The Labute approximate surface area is 109 Å². The highest BCUT2D eigenvalue weighted by Crippen LogP contribution is 2.31. The van der Waals surface area contributed by atoms with Gasteiger partial charge in [-0.3, -0.25) is 19.7 Å². The molecule has 0 saturated heterocycles. The summed E-state index contributed by atoms with van der Waals surface area (Å²) >= 11 is 0. The number of phenols is 1. The molecule has 9 heteroatoms. The van der Waals surface area contributed by atoms with Gasteiger partial charge in [-0.2, -0.15) is 8.42 Å². The second-order valence-corrected chi connectivity index (χ2v) is 5.07. The van der Waals surface area contributed by atoms with E-state index in [-0.39, 0.29) is 5.56 Å². The highest BCUT2D eigenvalue weighted by Gasteiger charge is 2.22. The van der Waals surface area contributed by atoms with Crippen molar-refractivity contribution < 1.29 is 23.0 Å². The van der Waals surface area contributed by atoms with E-state index < -0.39 is 31.4 Å². The van der Waals surface area contributed by atoms with Crippen LogP contribution in [0, 0.1) is 10.1 Å². The molecule has 0 aliphatic carbocycles. The summed E-state index contributed by atoms with van der Waals surface area (Å²) in [6, 6.07) is 1.50. The van der Waals surface area contributed by atoms with Gasteiger partial charge >= 0.3 is 5.69 Å². The van der Waals surface area contributed by atoms with Crippen LogP contribution in [0.15, 0.2) is 22.0 Å². The second kappa shape index (κ2) is 5.76. The molecule has 0 atom stereocenters. The number of nitro groups is 1. The van der Waals surface area contributed by atoms with Crippen LogP contribution in [0.1, 0.15) is 18.9 Å². The highest BCUT2D eigenvalue weighted by molar-refractivity contribution is 7.85. The number of phenolic OH excluding ortho intramolecular Hbond substituents is 1. The van der Waals surface area contributed by atoms with Crippen LogP contribution < -0.4 is 0 Å². The third-order valence-corrected chi connectivity index (χ3v) is 3.00. The summed E-state index contributed by atoms with van der Waals surface area (Å²) in [5.74, 6) is -0.697. The maximum absolute atomic E-state index is 11.0. The molecule has 1 aromatic carbocycles. The van der Waals surface area contributed by atoms with Crippen LogP contribution in [0.2, 0.25) is 0 Å². The normalized spacial score (nSPS) is 11.9. The van der Waals surface area contributed by atoms with Crippen molar-refractivity contribution in [2.75, 3.05) is 6.54 Å². The maximum atomic E-state index is 11.0. The number of aromatic hydroxyl groups is 1. The Balaban J connectivity index is 3.45. The van der Waals surface area contributed by atoms with Crippen LogP contribution in [-0.4, -0.2) is 35.8 Å². The van der Waals surface area contributed by atoms with E-state index in [9.17, 15) is 23.6 Å². The van der Waals surface area contributed by atoms with Crippen molar-refractivity contribution in [3.63, 3.8) is 0 Å². The predicted molar refractivity (Wildman–Crippen MR) is 67.3 cm³/mol. The Morgan fingerprint density at radius 2 is 2.11 bits per heavy atom. The van der Waals surface area contributed by atoms with Crippen molar-refractivity contribution in [2.45, 2.75) is 18.2 Å². The zero-order chi connectivity index (χ0) is 14.6. The zero-order valence-electron chi connectivity index (χ0n) is 9.98. The summed E-state index contributed by atoms with van der Waals surface area (Å²) < 4.78 is 30.9. The molecule has 0 unspecified atom stereocenters. The van der Waals surface area contributed by atoms with Gasteiger partial charge < -0.3 is 5.11 Å². The largest absolute Gasteiger partial charge is 0.502 e. The van der Waals surface area contributed by atoms with E-state index in [2.05, 4.69) is 4.99 Å². The highest BCUT2D eigenvalue weighted by atomic mass is 32.2. The fourth-order valence-electron chi connectivity index (χ4n) is 1.29. The van der Waals surface area contributed by atoms with Crippen LogP contribution in [0.25, 0.3) is 0 Å². The molecule has 0 aliphatic rings. The predicted octanol–water partition coefficient (Wildman–Crippen LogP) is 1.38. The van der Waals surface area contributed by atoms with Crippen molar-refractivity contribution in [3.8, 4) is 5.75 Å². The molecule has 0 fully saturated rings. The Hall–Kier alpha value is -2.00.